The van der Waals surface area contributed by atoms with Crippen LogP contribution in [-0.4, -0.2) is 52.1 Å². The lowest BCUT2D eigenvalue weighted by molar-refractivity contribution is -0.0941. The maximum absolute atomic E-state index is 15.2. The van der Waals surface area contributed by atoms with Crippen molar-refractivity contribution in [1.82, 2.24) is 10.3 Å². The van der Waals surface area contributed by atoms with Crippen LogP contribution >= 0.6 is 11.6 Å². The number of aliphatic hydroxyl groups excluding tert-OH is 2. The smallest absolute Gasteiger partial charge is 0.311 e. The van der Waals surface area contributed by atoms with Crippen molar-refractivity contribution in [1.29, 1.82) is 0 Å². The number of halogens is 4. The Morgan fingerprint density at radius 1 is 1.11 bits per heavy atom. The molecule has 2 atom stereocenters. The number of alkyl halides is 2. The summed E-state index contributed by atoms with van der Waals surface area (Å²) < 4.78 is 43.8. The number of aliphatic imine (C=N–C) groups is 1. The van der Waals surface area contributed by atoms with E-state index < -0.39 is 36.3 Å². The predicted molar refractivity (Wildman–Crippen MR) is 130 cm³/mol. The van der Waals surface area contributed by atoms with E-state index in [0.717, 1.165) is 23.4 Å². The van der Waals surface area contributed by atoms with Gasteiger partial charge in [-0.25, -0.2) is 4.39 Å². The number of rotatable bonds is 8. The first-order chi connectivity index (χ1) is 17.2. The molecule has 0 bridgehead atoms. The van der Waals surface area contributed by atoms with Gasteiger partial charge >= 0.3 is 5.92 Å². The van der Waals surface area contributed by atoms with Gasteiger partial charge in [0.25, 0.3) is 5.91 Å². The summed E-state index contributed by atoms with van der Waals surface area (Å²) in [5.41, 5.74) is 1.32. The summed E-state index contributed by atoms with van der Waals surface area (Å²) in [6, 6.07) is 11.9. The average Bonchev–Trinajstić information content (AvgIpc) is 3.37. The van der Waals surface area contributed by atoms with Gasteiger partial charge in [-0.1, -0.05) is 35.9 Å². The lowest BCUT2D eigenvalue weighted by Crippen LogP contribution is -2.54. The molecule has 3 aromatic rings. The zero-order valence-electron chi connectivity index (χ0n) is 18.7. The minimum Gasteiger partial charge on any atom is -0.394 e. The Kier molecular flexibility index (Phi) is 7.53. The number of nitrogens with zero attached hydrogens (tertiary/aromatic N) is 2. The van der Waals surface area contributed by atoms with Gasteiger partial charge in [-0.2, -0.15) is 8.78 Å². The van der Waals surface area contributed by atoms with Gasteiger partial charge in [0.2, 0.25) is 0 Å². The van der Waals surface area contributed by atoms with Crippen molar-refractivity contribution in [2.45, 2.75) is 18.1 Å². The summed E-state index contributed by atoms with van der Waals surface area (Å²) >= 11 is 6.39. The average molecular weight is 516 g/mol. The van der Waals surface area contributed by atoms with Gasteiger partial charge in [0.1, 0.15) is 23.7 Å². The molecule has 2 aromatic carbocycles. The second kappa shape index (κ2) is 10.6. The number of nitrogens with one attached hydrogen (secondary N) is 1. The van der Waals surface area contributed by atoms with E-state index in [2.05, 4.69) is 15.3 Å². The second-order valence-electron chi connectivity index (χ2n) is 8.08. The molecule has 1 amide bonds. The van der Waals surface area contributed by atoms with E-state index in [1.807, 2.05) is 0 Å². The third-order valence-corrected chi connectivity index (χ3v) is 6.03. The molecular formula is C26H21ClF3N3O3. The molecule has 3 N–H and O–H groups in total. The van der Waals surface area contributed by atoms with Gasteiger partial charge in [0, 0.05) is 11.8 Å². The van der Waals surface area contributed by atoms with Crippen LogP contribution in [0.25, 0.3) is 5.57 Å². The Morgan fingerprint density at radius 3 is 2.53 bits per heavy atom. The minimum atomic E-state index is -3.81. The highest BCUT2D eigenvalue weighted by Gasteiger charge is 2.47. The largest absolute Gasteiger partial charge is 0.394 e. The van der Waals surface area contributed by atoms with Crippen molar-refractivity contribution in [3.05, 3.63) is 106 Å². The van der Waals surface area contributed by atoms with E-state index >= 15 is 8.78 Å². The van der Waals surface area contributed by atoms with E-state index in [4.69, 9.17) is 11.6 Å². The summed E-state index contributed by atoms with van der Waals surface area (Å²) in [5.74, 6) is -5.14. The van der Waals surface area contributed by atoms with Gasteiger partial charge in [0.05, 0.1) is 29.4 Å². The summed E-state index contributed by atoms with van der Waals surface area (Å²) in [6.45, 7) is -0.775. The maximum atomic E-state index is 15.2. The van der Waals surface area contributed by atoms with Crippen LogP contribution in [0.5, 0.6) is 0 Å². The highest BCUT2D eigenvalue weighted by atomic mass is 35.5. The normalized spacial score (nSPS) is 15.2. The standard InChI is InChI=1S/C26H21ClF3N3O3/c27-19-5-3-4-18(23(19)20-12-16(13-32-20)15-7-9-17(28)10-8-15)25(36)33-24(21(35)14-34)26(29,30)22-6-1-2-11-31-22/h1-12,21,24,34-35H,13-14H2,(H,33,36)/t21-,24+/m1/s1. The molecule has 0 unspecified atom stereocenters. The van der Waals surface area contributed by atoms with Crippen LogP contribution in [0.15, 0.2) is 77.9 Å². The van der Waals surface area contributed by atoms with Crippen LogP contribution < -0.4 is 5.32 Å². The molecule has 0 saturated carbocycles. The fourth-order valence-corrected chi connectivity index (χ4v) is 4.13. The maximum Gasteiger partial charge on any atom is 0.311 e. The van der Waals surface area contributed by atoms with Crippen molar-refractivity contribution in [2.75, 3.05) is 13.2 Å². The van der Waals surface area contributed by atoms with Gasteiger partial charge in [-0.15, -0.1) is 0 Å². The van der Waals surface area contributed by atoms with Crippen molar-refractivity contribution in [3.63, 3.8) is 0 Å². The number of hydrogen-bond donors (Lipinski definition) is 3. The molecule has 0 fully saturated rings. The third-order valence-electron chi connectivity index (χ3n) is 5.72. The third kappa shape index (κ3) is 5.18. The van der Waals surface area contributed by atoms with Crippen molar-refractivity contribution >= 4 is 28.8 Å². The molecule has 0 spiro atoms. The summed E-state index contributed by atoms with van der Waals surface area (Å²) in [7, 11) is 0. The van der Waals surface area contributed by atoms with Crippen LogP contribution in [-0.2, 0) is 5.92 Å². The number of amides is 1. The first-order valence-corrected chi connectivity index (χ1v) is 11.3. The lowest BCUT2D eigenvalue weighted by atomic mass is 9.97. The number of carbonyl (C=O) groups excluding carboxylic acids is 1. The van der Waals surface area contributed by atoms with Crippen LogP contribution in [0, 0.1) is 5.82 Å². The first-order valence-electron chi connectivity index (χ1n) is 10.9. The predicted octanol–water partition coefficient (Wildman–Crippen LogP) is 4.00. The molecule has 1 aliphatic heterocycles. The molecule has 6 nitrogen and oxygen atoms in total. The minimum absolute atomic E-state index is 0.0511. The molecule has 1 aliphatic rings. The number of hydrogen-bond acceptors (Lipinski definition) is 5. The number of allylic oxidation sites excluding steroid dienone is 1. The van der Waals surface area contributed by atoms with Gasteiger partial charge in [-0.3, -0.25) is 14.8 Å². The number of aromatic nitrogens is 1. The van der Waals surface area contributed by atoms with E-state index in [0.29, 0.717) is 5.71 Å². The van der Waals surface area contributed by atoms with Gasteiger partial charge in [-0.05, 0) is 53.6 Å². The zero-order valence-corrected chi connectivity index (χ0v) is 19.5. The Balaban J connectivity index is 1.67. The molecule has 186 valence electrons. The SMILES string of the molecule is O=C(N[C@@H]([C@H](O)CO)C(F)(F)c1ccccn1)c1cccc(Cl)c1C1=NCC(c2ccc(F)cc2)=C1. The summed E-state index contributed by atoms with van der Waals surface area (Å²) in [5, 5.41) is 21.9. The number of benzene rings is 2. The molecule has 2 heterocycles. The molecule has 4 rings (SSSR count). The fraction of sp³-hybridized carbons (Fsp3) is 0.192. The monoisotopic (exact) mass is 515 g/mol. The van der Waals surface area contributed by atoms with Gasteiger partial charge < -0.3 is 15.5 Å². The van der Waals surface area contributed by atoms with Gasteiger partial charge in [0.15, 0.2) is 0 Å². The summed E-state index contributed by atoms with van der Waals surface area (Å²) in [6.07, 6.45) is 0.863. The first kappa shape index (κ1) is 25.6. The Morgan fingerprint density at radius 2 is 1.86 bits per heavy atom. The lowest BCUT2D eigenvalue weighted by Gasteiger charge is -2.30. The van der Waals surface area contributed by atoms with Crippen LogP contribution in [0.3, 0.4) is 0 Å². The van der Waals surface area contributed by atoms with E-state index in [1.54, 1.807) is 18.2 Å². The fourth-order valence-electron chi connectivity index (χ4n) is 3.86. The highest BCUT2D eigenvalue weighted by Crippen LogP contribution is 2.33. The van der Waals surface area contributed by atoms with Crippen molar-refractivity contribution in [3.8, 4) is 0 Å². The Hall–Kier alpha value is -3.53. The number of pyridine rings is 1. The second-order valence-corrected chi connectivity index (χ2v) is 8.49. The molecule has 1 aromatic heterocycles. The van der Waals surface area contributed by atoms with Crippen LogP contribution in [0.4, 0.5) is 13.2 Å². The molecule has 0 aliphatic carbocycles. The number of aliphatic hydroxyl groups is 2. The number of carbonyl (C=O) groups is 1. The Bertz CT molecular complexity index is 1320. The van der Waals surface area contributed by atoms with E-state index in [9.17, 15) is 19.4 Å². The quantitative estimate of drug-likeness (QED) is 0.422. The molecular weight excluding hydrogens is 495 g/mol. The topological polar surface area (TPSA) is 94.8 Å². The molecule has 0 saturated heterocycles. The molecule has 36 heavy (non-hydrogen) atoms. The van der Waals surface area contributed by atoms with Crippen LogP contribution in [0.2, 0.25) is 5.02 Å². The molecule has 0 radical (unpaired) electrons. The highest BCUT2D eigenvalue weighted by molar-refractivity contribution is 6.37. The summed E-state index contributed by atoms with van der Waals surface area (Å²) in [4.78, 5) is 21.3. The van der Waals surface area contributed by atoms with E-state index in [1.165, 1.54) is 42.5 Å². The van der Waals surface area contributed by atoms with E-state index in [-0.39, 0.29) is 28.5 Å². The molecule has 10 heteroatoms. The van der Waals surface area contributed by atoms with Crippen LogP contribution in [0.1, 0.15) is 27.2 Å². The van der Waals surface area contributed by atoms with Crippen molar-refractivity contribution < 1.29 is 28.2 Å². The Labute approximate surface area is 209 Å². The zero-order chi connectivity index (χ0) is 25.9. The van der Waals surface area contributed by atoms with Crippen molar-refractivity contribution in [2.24, 2.45) is 4.99 Å².